The van der Waals surface area contributed by atoms with Crippen molar-refractivity contribution in [3.05, 3.63) is 161 Å². The maximum Gasteiger partial charge on any atom is 0.0352 e. The number of thiophene rings is 1. The number of rotatable bonds is 3. The van der Waals surface area contributed by atoms with Crippen molar-refractivity contribution in [2.75, 3.05) is 0 Å². The summed E-state index contributed by atoms with van der Waals surface area (Å²) >= 11 is 1.93. The molecule has 1 heteroatoms. The van der Waals surface area contributed by atoms with Crippen molar-refractivity contribution in [1.82, 2.24) is 0 Å². The Kier molecular flexibility index (Phi) is 6.02. The Morgan fingerprint density at radius 3 is 1.96 bits per heavy atom. The largest absolute Gasteiger partial charge is 0.136 e. The average Bonchev–Trinajstić information content (AvgIpc) is 3.67. The number of hydrogen-bond acceptors (Lipinski definition) is 1. The van der Waals surface area contributed by atoms with Gasteiger partial charge in [-0.15, -0.1) is 11.3 Å². The van der Waals surface area contributed by atoms with Gasteiger partial charge in [0.2, 0.25) is 0 Å². The van der Waals surface area contributed by atoms with Gasteiger partial charge in [0, 0.05) is 15.2 Å². The van der Waals surface area contributed by atoms with Gasteiger partial charge in [0.15, 0.2) is 0 Å². The van der Waals surface area contributed by atoms with Gasteiger partial charge in [0.05, 0.1) is 0 Å². The van der Waals surface area contributed by atoms with Gasteiger partial charge in [-0.25, -0.2) is 0 Å². The van der Waals surface area contributed by atoms with E-state index in [1.54, 1.807) is 0 Å². The van der Waals surface area contributed by atoms with Crippen LogP contribution in [0.4, 0.5) is 0 Å². The van der Waals surface area contributed by atoms with Crippen molar-refractivity contribution >= 4 is 49.7 Å². The third-order valence-electron chi connectivity index (χ3n) is 10.9. The van der Waals surface area contributed by atoms with Crippen LogP contribution in [0.2, 0.25) is 0 Å². The molecule has 0 nitrogen and oxygen atoms in total. The second-order valence-corrected chi connectivity index (χ2v) is 15.0. The van der Waals surface area contributed by atoms with Crippen LogP contribution >= 0.6 is 11.3 Å². The molecule has 2 aliphatic carbocycles. The van der Waals surface area contributed by atoms with E-state index in [2.05, 4.69) is 159 Å². The predicted octanol–water partition coefficient (Wildman–Crippen LogP) is 13.5. The third-order valence-corrected chi connectivity index (χ3v) is 12.1. The third kappa shape index (κ3) is 3.95. The first-order chi connectivity index (χ1) is 23.6. The summed E-state index contributed by atoms with van der Waals surface area (Å²) in [6.07, 6.45) is 6.89. The molecular formula is C47H34S. The molecule has 0 bridgehead atoms. The number of fused-ring (bicyclic) bond motifs is 8. The van der Waals surface area contributed by atoms with Crippen LogP contribution in [0.15, 0.2) is 140 Å². The summed E-state index contributed by atoms with van der Waals surface area (Å²) in [6, 6.07) is 50.4. The van der Waals surface area contributed by atoms with Crippen molar-refractivity contribution in [2.24, 2.45) is 0 Å². The van der Waals surface area contributed by atoms with Crippen LogP contribution in [0, 0.1) is 0 Å². The van der Waals surface area contributed by atoms with E-state index in [0.717, 1.165) is 12.8 Å². The molecule has 1 aromatic heterocycles. The Bertz CT molecular complexity index is 2630. The Labute approximate surface area is 285 Å². The fourth-order valence-electron chi connectivity index (χ4n) is 8.64. The normalized spacial score (nSPS) is 14.4. The fourth-order valence-corrected chi connectivity index (χ4v) is 9.78. The van der Waals surface area contributed by atoms with E-state index in [-0.39, 0.29) is 5.41 Å². The molecular weight excluding hydrogens is 597 g/mol. The number of allylic oxidation sites excluding steroid dienone is 1. The molecule has 0 unspecified atom stereocenters. The van der Waals surface area contributed by atoms with Gasteiger partial charge >= 0.3 is 0 Å². The number of aryl methyl sites for hydroxylation is 1. The number of hydrogen-bond donors (Lipinski definition) is 0. The van der Waals surface area contributed by atoms with E-state index in [1.807, 2.05) is 11.3 Å². The van der Waals surface area contributed by atoms with Gasteiger partial charge in [-0.2, -0.15) is 0 Å². The first-order valence-corrected chi connectivity index (χ1v) is 17.9. The van der Waals surface area contributed by atoms with Crippen LogP contribution in [-0.4, -0.2) is 0 Å². The average molecular weight is 631 g/mol. The van der Waals surface area contributed by atoms with Gasteiger partial charge < -0.3 is 0 Å². The van der Waals surface area contributed by atoms with E-state index in [9.17, 15) is 0 Å². The summed E-state index contributed by atoms with van der Waals surface area (Å²) in [5, 5.41) is 7.85. The first kappa shape index (κ1) is 27.8. The molecule has 0 saturated heterocycles. The molecule has 0 radical (unpaired) electrons. The molecule has 0 aliphatic heterocycles. The topological polar surface area (TPSA) is 0 Å². The van der Waals surface area contributed by atoms with Gasteiger partial charge in [-0.3, -0.25) is 0 Å². The van der Waals surface area contributed by atoms with Crippen LogP contribution in [0.25, 0.3) is 82.2 Å². The molecule has 228 valence electrons. The molecule has 0 N–H and O–H groups in total. The Morgan fingerprint density at radius 2 is 1.17 bits per heavy atom. The van der Waals surface area contributed by atoms with E-state index in [4.69, 9.17) is 0 Å². The lowest BCUT2D eigenvalue weighted by molar-refractivity contribution is 0.661. The van der Waals surface area contributed by atoms with Crippen molar-refractivity contribution in [1.29, 1.82) is 0 Å². The lowest BCUT2D eigenvalue weighted by Crippen LogP contribution is -2.15. The fraction of sp³-hybridized carbons (Fsp3) is 0.106. The summed E-state index contributed by atoms with van der Waals surface area (Å²) in [5.74, 6) is 0. The Morgan fingerprint density at radius 1 is 0.500 bits per heavy atom. The highest BCUT2D eigenvalue weighted by atomic mass is 32.1. The second-order valence-electron chi connectivity index (χ2n) is 13.9. The molecule has 8 aromatic rings. The minimum atomic E-state index is -0.102. The highest BCUT2D eigenvalue weighted by Crippen LogP contribution is 2.55. The molecule has 0 atom stereocenters. The summed E-state index contributed by atoms with van der Waals surface area (Å²) in [7, 11) is 0. The molecule has 7 aromatic carbocycles. The van der Waals surface area contributed by atoms with Crippen LogP contribution in [0.5, 0.6) is 0 Å². The maximum atomic E-state index is 2.54. The Hall–Kier alpha value is -5.24. The SMILES string of the molecule is CC1(C)c2ccccc2-c2c1cc(-c1c3ccccc3c(-c3ccccc3)c3ccc(-c4cc5c(s4)C=CCC5)cc13)c1ccccc21. The monoisotopic (exact) mass is 630 g/mol. The van der Waals surface area contributed by atoms with Gasteiger partial charge in [0.25, 0.3) is 0 Å². The zero-order chi connectivity index (χ0) is 32.0. The highest BCUT2D eigenvalue weighted by molar-refractivity contribution is 7.16. The van der Waals surface area contributed by atoms with Crippen molar-refractivity contribution in [3.8, 4) is 43.8 Å². The molecule has 10 rings (SSSR count). The highest BCUT2D eigenvalue weighted by Gasteiger charge is 2.37. The molecule has 48 heavy (non-hydrogen) atoms. The first-order valence-electron chi connectivity index (χ1n) is 17.1. The van der Waals surface area contributed by atoms with Crippen LogP contribution in [0.3, 0.4) is 0 Å². The standard InChI is InChI=1S/C47H34S/c1-47(2)40-22-12-11-21-37(40)46-33-18-8-7-17-32(33)39(28-41(46)47)45-35-20-10-9-19-34(35)44(29-14-4-3-5-15-29)36-25-24-31(26-38(36)45)43-27-30-16-6-13-23-42(30)48-43/h3-5,7-15,17-28H,6,16H2,1-2H3. The molecule has 1 heterocycles. The minimum Gasteiger partial charge on any atom is -0.136 e. The van der Waals surface area contributed by atoms with Gasteiger partial charge in [-0.1, -0.05) is 135 Å². The summed E-state index contributed by atoms with van der Waals surface area (Å²) in [6.45, 7) is 4.80. The van der Waals surface area contributed by atoms with Crippen LogP contribution < -0.4 is 0 Å². The summed E-state index contributed by atoms with van der Waals surface area (Å²) in [4.78, 5) is 2.76. The predicted molar refractivity (Wildman–Crippen MR) is 208 cm³/mol. The quantitative estimate of drug-likeness (QED) is 0.170. The van der Waals surface area contributed by atoms with E-state index >= 15 is 0 Å². The summed E-state index contributed by atoms with van der Waals surface area (Å²) in [5.41, 5.74) is 13.5. The molecule has 0 fully saturated rings. The zero-order valence-corrected chi connectivity index (χ0v) is 28.0. The van der Waals surface area contributed by atoms with E-state index < -0.39 is 0 Å². The van der Waals surface area contributed by atoms with Crippen molar-refractivity contribution in [3.63, 3.8) is 0 Å². The van der Waals surface area contributed by atoms with Crippen LogP contribution in [0.1, 0.15) is 41.8 Å². The van der Waals surface area contributed by atoms with Gasteiger partial charge in [-0.05, 0) is 125 Å². The lowest BCUT2D eigenvalue weighted by atomic mass is 9.79. The zero-order valence-electron chi connectivity index (χ0n) is 27.2. The van der Waals surface area contributed by atoms with E-state index in [0.29, 0.717) is 0 Å². The van der Waals surface area contributed by atoms with Crippen molar-refractivity contribution in [2.45, 2.75) is 32.1 Å². The maximum absolute atomic E-state index is 2.54. The van der Waals surface area contributed by atoms with Crippen LogP contribution in [-0.2, 0) is 11.8 Å². The molecule has 0 amide bonds. The molecule has 2 aliphatic rings. The summed E-state index contributed by atoms with van der Waals surface area (Å²) < 4.78 is 0. The molecule has 0 saturated carbocycles. The smallest absolute Gasteiger partial charge is 0.0352 e. The van der Waals surface area contributed by atoms with Crippen molar-refractivity contribution < 1.29 is 0 Å². The number of benzene rings is 7. The second kappa shape index (κ2) is 10.4. The van der Waals surface area contributed by atoms with E-state index in [1.165, 1.54) is 97.7 Å². The lowest BCUT2D eigenvalue weighted by Gasteiger charge is -2.24. The molecule has 0 spiro atoms. The minimum absolute atomic E-state index is 0.102. The van der Waals surface area contributed by atoms with Gasteiger partial charge in [0.1, 0.15) is 0 Å². The Balaban J connectivity index is 1.36.